The Morgan fingerprint density at radius 1 is 0.633 bits per heavy atom. The molecule has 4 heterocycles. The van der Waals surface area contributed by atoms with Crippen LogP contribution in [0, 0.1) is 0 Å². The SMILES string of the molecule is S=C(Sc1nc(SC(=S)N2CCOCC2)nc(N2CCOCC2)n1)N1CCOCC1. The van der Waals surface area contributed by atoms with E-state index in [1.54, 1.807) is 0 Å². The minimum absolute atomic E-state index is 0.593. The van der Waals surface area contributed by atoms with Crippen molar-refractivity contribution < 1.29 is 14.2 Å². The standard InChI is InChI=1S/C17H24N6O3S4/c27-16(22-3-9-25-10-4-22)29-14-18-13(21-1-7-24-8-2-21)19-15(20-14)30-17(28)23-5-11-26-12-6-23/h1-12H2. The fourth-order valence-corrected chi connectivity index (χ4v) is 5.43. The van der Waals surface area contributed by atoms with Crippen LogP contribution < -0.4 is 4.90 Å². The van der Waals surface area contributed by atoms with Crippen LogP contribution >= 0.6 is 48.0 Å². The Labute approximate surface area is 195 Å². The van der Waals surface area contributed by atoms with Gasteiger partial charge in [-0.15, -0.1) is 0 Å². The van der Waals surface area contributed by atoms with E-state index in [1.807, 2.05) is 0 Å². The minimum Gasteiger partial charge on any atom is -0.378 e. The molecule has 0 N–H and O–H groups in total. The predicted molar refractivity (Wildman–Crippen MR) is 125 cm³/mol. The third-order valence-electron chi connectivity index (χ3n) is 4.77. The number of morpholine rings is 3. The maximum Gasteiger partial charge on any atom is 0.230 e. The fourth-order valence-electron chi connectivity index (χ4n) is 3.10. The Balaban J connectivity index is 1.51. The molecule has 0 aromatic carbocycles. The van der Waals surface area contributed by atoms with E-state index >= 15 is 0 Å². The van der Waals surface area contributed by atoms with Crippen LogP contribution in [-0.2, 0) is 14.2 Å². The van der Waals surface area contributed by atoms with E-state index in [0.717, 1.165) is 47.9 Å². The molecule has 30 heavy (non-hydrogen) atoms. The van der Waals surface area contributed by atoms with Gasteiger partial charge in [-0.2, -0.15) is 15.0 Å². The summed E-state index contributed by atoms with van der Waals surface area (Å²) in [5.74, 6) is 0.646. The van der Waals surface area contributed by atoms with Crippen molar-refractivity contribution in [1.82, 2.24) is 24.8 Å². The zero-order valence-corrected chi connectivity index (χ0v) is 19.8. The number of aromatic nitrogens is 3. The second-order valence-corrected chi connectivity index (χ2v) is 9.94. The molecule has 9 nitrogen and oxygen atoms in total. The van der Waals surface area contributed by atoms with Crippen LogP contribution in [0.3, 0.4) is 0 Å². The summed E-state index contributed by atoms with van der Waals surface area (Å²) in [5.41, 5.74) is 0. The Morgan fingerprint density at radius 3 is 1.47 bits per heavy atom. The molecule has 0 bridgehead atoms. The van der Waals surface area contributed by atoms with E-state index in [0.29, 0.717) is 55.9 Å². The van der Waals surface area contributed by atoms with E-state index in [2.05, 4.69) is 29.7 Å². The van der Waals surface area contributed by atoms with Gasteiger partial charge in [0.25, 0.3) is 0 Å². The molecule has 0 atom stereocenters. The highest BCUT2D eigenvalue weighted by Gasteiger charge is 2.22. The fraction of sp³-hybridized carbons (Fsp3) is 0.706. The molecule has 0 aliphatic carbocycles. The number of nitrogens with zero attached hydrogens (tertiary/aromatic N) is 6. The maximum atomic E-state index is 5.63. The molecule has 0 amide bonds. The second kappa shape index (κ2) is 11.2. The lowest BCUT2D eigenvalue weighted by atomic mass is 10.4. The topological polar surface area (TPSA) is 76.1 Å². The molecule has 13 heteroatoms. The zero-order valence-electron chi connectivity index (χ0n) is 16.5. The van der Waals surface area contributed by atoms with Gasteiger partial charge in [-0.25, -0.2) is 0 Å². The van der Waals surface area contributed by atoms with Crippen molar-refractivity contribution in [1.29, 1.82) is 0 Å². The molecule has 1 aromatic rings. The first-order valence-corrected chi connectivity index (χ1v) is 12.3. The van der Waals surface area contributed by atoms with Crippen molar-refractivity contribution in [2.75, 3.05) is 83.8 Å². The molecule has 164 valence electrons. The van der Waals surface area contributed by atoms with Gasteiger partial charge < -0.3 is 28.9 Å². The lowest BCUT2D eigenvalue weighted by molar-refractivity contribution is 0.0702. The molecular formula is C17H24N6O3S4. The van der Waals surface area contributed by atoms with Gasteiger partial charge in [-0.3, -0.25) is 0 Å². The summed E-state index contributed by atoms with van der Waals surface area (Å²) >= 11 is 14.1. The Bertz CT molecular complexity index is 705. The Morgan fingerprint density at radius 2 is 1.03 bits per heavy atom. The molecule has 3 fully saturated rings. The van der Waals surface area contributed by atoms with Gasteiger partial charge in [0.1, 0.15) is 8.64 Å². The van der Waals surface area contributed by atoms with E-state index in [9.17, 15) is 0 Å². The molecule has 3 saturated heterocycles. The summed E-state index contributed by atoms with van der Waals surface area (Å²) in [7, 11) is 0. The summed E-state index contributed by atoms with van der Waals surface area (Å²) < 4.78 is 17.8. The first kappa shape index (κ1) is 22.4. The first-order chi connectivity index (χ1) is 14.7. The number of hydrogen-bond donors (Lipinski definition) is 0. The van der Waals surface area contributed by atoms with Crippen LogP contribution in [0.5, 0.6) is 0 Å². The van der Waals surface area contributed by atoms with Gasteiger partial charge in [0.2, 0.25) is 16.3 Å². The molecule has 1 aromatic heterocycles. The normalized spacial score (nSPS) is 20.3. The van der Waals surface area contributed by atoms with Crippen molar-refractivity contribution in [2.24, 2.45) is 0 Å². The highest BCUT2D eigenvalue weighted by Crippen LogP contribution is 2.26. The third kappa shape index (κ3) is 6.11. The van der Waals surface area contributed by atoms with Crippen molar-refractivity contribution in [2.45, 2.75) is 10.3 Å². The van der Waals surface area contributed by atoms with Crippen LogP contribution in [0.1, 0.15) is 0 Å². The van der Waals surface area contributed by atoms with Crippen LogP contribution in [-0.4, -0.2) is 112 Å². The molecule has 0 unspecified atom stereocenters. The monoisotopic (exact) mass is 488 g/mol. The number of thiocarbonyl (C=S) groups is 2. The lowest BCUT2D eigenvalue weighted by Gasteiger charge is -2.29. The first-order valence-electron chi connectivity index (χ1n) is 9.87. The number of thioether (sulfide) groups is 2. The summed E-state index contributed by atoms with van der Waals surface area (Å²) in [6.45, 7) is 8.72. The van der Waals surface area contributed by atoms with Crippen LogP contribution in [0.25, 0.3) is 0 Å². The molecule has 0 spiro atoms. The summed E-state index contributed by atoms with van der Waals surface area (Å²) in [6.07, 6.45) is 0. The van der Waals surface area contributed by atoms with Crippen LogP contribution in [0.4, 0.5) is 5.95 Å². The third-order valence-corrected chi connectivity index (χ3v) is 7.38. The highest BCUT2D eigenvalue weighted by atomic mass is 32.2. The van der Waals surface area contributed by atoms with Gasteiger partial charge >= 0.3 is 0 Å². The van der Waals surface area contributed by atoms with Crippen molar-refractivity contribution in [3.05, 3.63) is 0 Å². The molecule has 0 radical (unpaired) electrons. The predicted octanol–water partition coefficient (Wildman–Crippen LogP) is 1.13. The van der Waals surface area contributed by atoms with E-state index in [4.69, 9.17) is 38.6 Å². The van der Waals surface area contributed by atoms with E-state index in [-0.39, 0.29) is 0 Å². The van der Waals surface area contributed by atoms with Gasteiger partial charge in [0.15, 0.2) is 0 Å². The maximum absolute atomic E-state index is 5.63. The van der Waals surface area contributed by atoms with Crippen LogP contribution in [0.2, 0.25) is 0 Å². The zero-order chi connectivity index (χ0) is 20.8. The van der Waals surface area contributed by atoms with Gasteiger partial charge in [0, 0.05) is 39.3 Å². The van der Waals surface area contributed by atoms with E-state index in [1.165, 1.54) is 23.5 Å². The van der Waals surface area contributed by atoms with Gasteiger partial charge in [0.05, 0.1) is 39.6 Å². The Hall–Kier alpha value is -0.830. The number of hydrogen-bond acceptors (Lipinski definition) is 11. The Kier molecular flexibility index (Phi) is 8.32. The molecule has 4 rings (SSSR count). The summed E-state index contributed by atoms with van der Waals surface area (Å²) in [4.78, 5) is 20.4. The average Bonchev–Trinajstić information content (AvgIpc) is 2.80. The van der Waals surface area contributed by atoms with Gasteiger partial charge in [-0.05, 0) is 23.5 Å². The number of rotatable bonds is 3. The second-order valence-electron chi connectivity index (χ2n) is 6.73. The molecular weight excluding hydrogens is 464 g/mol. The smallest absolute Gasteiger partial charge is 0.230 e. The summed E-state index contributed by atoms with van der Waals surface area (Å²) in [6, 6.07) is 0. The molecule has 0 saturated carbocycles. The average molecular weight is 489 g/mol. The highest BCUT2D eigenvalue weighted by molar-refractivity contribution is 8.23. The van der Waals surface area contributed by atoms with Crippen molar-refractivity contribution in [3.8, 4) is 0 Å². The molecule has 3 aliphatic rings. The largest absolute Gasteiger partial charge is 0.378 e. The van der Waals surface area contributed by atoms with E-state index < -0.39 is 0 Å². The number of ether oxygens (including phenoxy) is 3. The minimum atomic E-state index is 0.593. The van der Waals surface area contributed by atoms with Crippen molar-refractivity contribution >= 4 is 62.5 Å². The summed E-state index contributed by atoms with van der Waals surface area (Å²) in [5, 5.41) is 1.19. The van der Waals surface area contributed by atoms with Crippen LogP contribution in [0.15, 0.2) is 10.3 Å². The quantitative estimate of drug-likeness (QED) is 0.451. The van der Waals surface area contributed by atoms with Gasteiger partial charge in [-0.1, -0.05) is 24.4 Å². The van der Waals surface area contributed by atoms with Crippen molar-refractivity contribution in [3.63, 3.8) is 0 Å². The number of anilines is 1. The molecule has 3 aliphatic heterocycles. The lowest BCUT2D eigenvalue weighted by Crippen LogP contribution is -2.39.